The van der Waals surface area contributed by atoms with Crippen molar-refractivity contribution in [3.63, 3.8) is 0 Å². The summed E-state index contributed by atoms with van der Waals surface area (Å²) in [7, 11) is 0. The Bertz CT molecular complexity index is 436. The summed E-state index contributed by atoms with van der Waals surface area (Å²) in [6.07, 6.45) is 2.66. The van der Waals surface area contributed by atoms with E-state index in [9.17, 15) is 4.79 Å². The molecule has 1 heterocycles. The van der Waals surface area contributed by atoms with E-state index in [4.69, 9.17) is 5.73 Å². The zero-order valence-corrected chi connectivity index (χ0v) is 13.8. The summed E-state index contributed by atoms with van der Waals surface area (Å²) in [5, 5.41) is 0. The third-order valence-electron chi connectivity index (χ3n) is 4.24. The molecule has 0 radical (unpaired) electrons. The van der Waals surface area contributed by atoms with Crippen molar-refractivity contribution in [1.82, 2.24) is 4.90 Å². The van der Waals surface area contributed by atoms with Crippen LogP contribution >= 0.6 is 12.4 Å². The number of rotatable bonds is 4. The molecule has 1 amide bonds. The van der Waals surface area contributed by atoms with E-state index in [1.54, 1.807) is 0 Å². The van der Waals surface area contributed by atoms with Gasteiger partial charge in [-0.2, -0.15) is 0 Å². The minimum Gasteiger partial charge on any atom is -0.341 e. The minimum absolute atomic E-state index is 0. The topological polar surface area (TPSA) is 46.3 Å². The number of benzene rings is 1. The summed E-state index contributed by atoms with van der Waals surface area (Å²) in [4.78, 5) is 14.5. The predicted molar refractivity (Wildman–Crippen MR) is 89.7 cm³/mol. The molecule has 2 rings (SSSR count). The van der Waals surface area contributed by atoms with Crippen molar-refractivity contribution in [2.75, 3.05) is 13.1 Å². The largest absolute Gasteiger partial charge is 0.341 e. The van der Waals surface area contributed by atoms with Gasteiger partial charge in [-0.15, -0.1) is 12.4 Å². The van der Waals surface area contributed by atoms with Crippen molar-refractivity contribution < 1.29 is 4.79 Å². The van der Waals surface area contributed by atoms with Gasteiger partial charge < -0.3 is 10.6 Å². The number of amides is 1. The van der Waals surface area contributed by atoms with E-state index in [0.717, 1.165) is 25.9 Å². The molecule has 1 aromatic rings. The van der Waals surface area contributed by atoms with Gasteiger partial charge in [0.25, 0.3) is 0 Å². The van der Waals surface area contributed by atoms with Gasteiger partial charge in [0.1, 0.15) is 0 Å². The molecule has 0 spiro atoms. The third-order valence-corrected chi connectivity index (χ3v) is 4.24. The highest BCUT2D eigenvalue weighted by atomic mass is 35.5. The number of likely N-dealkylation sites (tertiary alicyclic amines) is 1. The predicted octanol–water partition coefficient (Wildman–Crippen LogP) is 3.19. The lowest BCUT2D eigenvalue weighted by Crippen LogP contribution is -2.46. The molecule has 2 unspecified atom stereocenters. The van der Waals surface area contributed by atoms with Crippen LogP contribution in [0.15, 0.2) is 30.3 Å². The fraction of sp³-hybridized carbons (Fsp3) is 0.588. The number of carbonyl (C=O) groups is 1. The van der Waals surface area contributed by atoms with E-state index in [-0.39, 0.29) is 24.4 Å². The number of halogens is 1. The first-order chi connectivity index (χ1) is 9.58. The van der Waals surface area contributed by atoms with E-state index in [2.05, 4.69) is 26.0 Å². The molecule has 21 heavy (non-hydrogen) atoms. The number of nitrogens with two attached hydrogens (primary N) is 1. The maximum absolute atomic E-state index is 12.5. The van der Waals surface area contributed by atoms with Gasteiger partial charge in [-0.1, -0.05) is 44.2 Å². The first kappa shape index (κ1) is 18.0. The molecule has 2 N–H and O–H groups in total. The van der Waals surface area contributed by atoms with E-state index < -0.39 is 0 Å². The lowest BCUT2D eigenvalue weighted by Gasteiger charge is -2.32. The molecular weight excluding hydrogens is 284 g/mol. The van der Waals surface area contributed by atoms with Crippen LogP contribution in [0.3, 0.4) is 0 Å². The normalized spacial score (nSPS) is 20.0. The summed E-state index contributed by atoms with van der Waals surface area (Å²) in [6, 6.07) is 10.5. The highest BCUT2D eigenvalue weighted by Crippen LogP contribution is 2.28. The van der Waals surface area contributed by atoms with E-state index in [1.807, 2.05) is 23.1 Å². The summed E-state index contributed by atoms with van der Waals surface area (Å²) < 4.78 is 0. The van der Waals surface area contributed by atoms with Gasteiger partial charge in [0, 0.05) is 25.6 Å². The Hall–Kier alpha value is -1.06. The second-order valence-corrected chi connectivity index (χ2v) is 6.21. The van der Waals surface area contributed by atoms with Crippen LogP contribution in [-0.2, 0) is 4.79 Å². The van der Waals surface area contributed by atoms with Crippen molar-refractivity contribution in [2.24, 2.45) is 11.7 Å². The second-order valence-electron chi connectivity index (χ2n) is 6.21. The average molecular weight is 311 g/mol. The summed E-state index contributed by atoms with van der Waals surface area (Å²) in [5.41, 5.74) is 7.23. The van der Waals surface area contributed by atoms with E-state index >= 15 is 0 Å². The molecular formula is C17H27ClN2O. The fourth-order valence-electron chi connectivity index (χ4n) is 2.99. The van der Waals surface area contributed by atoms with Crippen LogP contribution < -0.4 is 5.73 Å². The van der Waals surface area contributed by atoms with Crippen molar-refractivity contribution >= 4 is 18.3 Å². The van der Waals surface area contributed by atoms with E-state index in [0.29, 0.717) is 18.3 Å². The first-order valence-electron chi connectivity index (χ1n) is 7.66. The first-order valence-corrected chi connectivity index (χ1v) is 7.66. The Morgan fingerprint density at radius 3 is 2.57 bits per heavy atom. The highest BCUT2D eigenvalue weighted by molar-refractivity contribution is 5.85. The summed E-state index contributed by atoms with van der Waals surface area (Å²) in [6.45, 7) is 5.96. The second kappa shape index (κ2) is 8.40. The number of hydrogen-bond acceptors (Lipinski definition) is 2. The lowest BCUT2D eigenvalue weighted by molar-refractivity contribution is -0.133. The molecule has 2 atom stereocenters. The number of hydrogen-bond donors (Lipinski definition) is 1. The van der Waals surface area contributed by atoms with Gasteiger partial charge >= 0.3 is 0 Å². The van der Waals surface area contributed by atoms with Gasteiger partial charge in [-0.05, 0) is 30.2 Å². The molecule has 0 aromatic heterocycles. The Kier molecular flexibility index (Phi) is 7.20. The Balaban J connectivity index is 0.00000220. The third kappa shape index (κ3) is 5.01. The molecule has 3 nitrogen and oxygen atoms in total. The number of nitrogens with zero attached hydrogens (tertiary/aromatic N) is 1. The minimum atomic E-state index is 0. The van der Waals surface area contributed by atoms with Crippen molar-refractivity contribution in [2.45, 2.75) is 45.1 Å². The highest BCUT2D eigenvalue weighted by Gasteiger charge is 2.25. The quantitative estimate of drug-likeness (QED) is 0.928. The molecule has 1 aliphatic heterocycles. The van der Waals surface area contributed by atoms with Crippen LogP contribution in [0.2, 0.25) is 0 Å². The smallest absolute Gasteiger partial charge is 0.223 e. The lowest BCUT2D eigenvalue weighted by atomic mass is 9.85. The van der Waals surface area contributed by atoms with Crippen LogP contribution in [0.4, 0.5) is 0 Å². The fourth-order valence-corrected chi connectivity index (χ4v) is 2.99. The van der Waals surface area contributed by atoms with Crippen LogP contribution in [0.1, 0.15) is 44.6 Å². The van der Waals surface area contributed by atoms with Gasteiger partial charge in [-0.25, -0.2) is 0 Å². The molecule has 1 aliphatic rings. The molecule has 118 valence electrons. The zero-order chi connectivity index (χ0) is 14.5. The van der Waals surface area contributed by atoms with Crippen molar-refractivity contribution in [3.8, 4) is 0 Å². The standard InChI is InChI=1S/C17H26N2O.ClH/c1-13(2)16(14-7-4-3-5-8-14)11-17(20)19-10-6-9-15(18)12-19;/h3-5,7-8,13,15-16H,6,9-12,18H2,1-2H3;1H. The maximum Gasteiger partial charge on any atom is 0.223 e. The number of piperidine rings is 1. The molecule has 1 aromatic carbocycles. The van der Waals surface area contributed by atoms with Gasteiger partial charge in [0.05, 0.1) is 0 Å². The monoisotopic (exact) mass is 310 g/mol. The molecule has 4 heteroatoms. The summed E-state index contributed by atoms with van der Waals surface area (Å²) >= 11 is 0. The molecule has 0 bridgehead atoms. The van der Waals surface area contributed by atoms with Crippen molar-refractivity contribution in [1.29, 1.82) is 0 Å². The molecule has 0 saturated carbocycles. The SMILES string of the molecule is CC(C)C(CC(=O)N1CCCC(N)C1)c1ccccc1.Cl. The van der Waals surface area contributed by atoms with Crippen LogP contribution in [0, 0.1) is 5.92 Å². The zero-order valence-electron chi connectivity index (χ0n) is 13.0. The number of carbonyl (C=O) groups excluding carboxylic acids is 1. The molecule has 0 aliphatic carbocycles. The van der Waals surface area contributed by atoms with Gasteiger partial charge in [-0.3, -0.25) is 4.79 Å². The van der Waals surface area contributed by atoms with Crippen LogP contribution in [0.25, 0.3) is 0 Å². The van der Waals surface area contributed by atoms with Crippen LogP contribution in [0.5, 0.6) is 0 Å². The summed E-state index contributed by atoms with van der Waals surface area (Å²) in [5.74, 6) is 1.00. The Labute approximate surface area is 134 Å². The Morgan fingerprint density at radius 2 is 2.00 bits per heavy atom. The Morgan fingerprint density at radius 1 is 1.33 bits per heavy atom. The maximum atomic E-state index is 12.5. The van der Waals surface area contributed by atoms with E-state index in [1.165, 1.54) is 5.56 Å². The van der Waals surface area contributed by atoms with Crippen molar-refractivity contribution in [3.05, 3.63) is 35.9 Å². The van der Waals surface area contributed by atoms with Gasteiger partial charge in [0.15, 0.2) is 0 Å². The molecule has 1 saturated heterocycles. The van der Waals surface area contributed by atoms with Crippen LogP contribution in [-0.4, -0.2) is 29.9 Å². The molecule has 1 fully saturated rings. The average Bonchev–Trinajstić information content (AvgIpc) is 2.45. The van der Waals surface area contributed by atoms with Gasteiger partial charge in [0.2, 0.25) is 5.91 Å².